The van der Waals surface area contributed by atoms with E-state index < -0.39 is 5.54 Å². The van der Waals surface area contributed by atoms with Gasteiger partial charge in [0, 0.05) is 6.20 Å². The number of nitrogens with two attached hydrogens (primary N) is 1. The van der Waals surface area contributed by atoms with Crippen molar-refractivity contribution >= 4 is 17.4 Å². The average Bonchev–Trinajstić information content (AvgIpc) is 1.98. The summed E-state index contributed by atoms with van der Waals surface area (Å²) in [5, 5.41) is 11.7. The van der Waals surface area contributed by atoms with E-state index >= 15 is 0 Å². The third-order valence-electron chi connectivity index (χ3n) is 1.44. The summed E-state index contributed by atoms with van der Waals surface area (Å²) in [5.74, 6) is 0.188. The summed E-state index contributed by atoms with van der Waals surface area (Å²) < 4.78 is 0. The Hall–Kier alpha value is -1.21. The van der Waals surface area contributed by atoms with Crippen molar-refractivity contribution in [2.24, 2.45) is 10.7 Å². The zero-order valence-electron chi connectivity index (χ0n) is 5.93. The molecule has 3 N–H and O–H groups in total. The lowest BCUT2D eigenvalue weighted by atomic mass is 10.0. The Morgan fingerprint density at radius 3 is 3.00 bits per heavy atom. The van der Waals surface area contributed by atoms with E-state index in [0.717, 1.165) is 0 Å². The summed E-state index contributed by atoms with van der Waals surface area (Å²) in [6.07, 6.45) is 1.45. The van der Waals surface area contributed by atoms with Crippen molar-refractivity contribution in [1.82, 2.24) is 5.32 Å². The van der Waals surface area contributed by atoms with Crippen LogP contribution in [0.5, 0.6) is 0 Å². The van der Waals surface area contributed by atoms with Crippen LogP contribution in [-0.2, 0) is 0 Å². The molecule has 0 fully saturated rings. The van der Waals surface area contributed by atoms with Crippen molar-refractivity contribution in [2.45, 2.75) is 12.5 Å². The molecule has 1 atom stereocenters. The van der Waals surface area contributed by atoms with Crippen LogP contribution in [0.1, 0.15) is 6.92 Å². The van der Waals surface area contributed by atoms with Crippen LogP contribution in [0.25, 0.3) is 0 Å². The Morgan fingerprint density at radius 1 is 1.91 bits per heavy atom. The minimum absolute atomic E-state index is 0.188. The largest absolute Gasteiger partial charge is 0.384 e. The van der Waals surface area contributed by atoms with Crippen LogP contribution in [0.4, 0.5) is 0 Å². The number of hydrogen-bond acceptors (Lipinski definition) is 4. The monoisotopic (exact) mass is 170 g/mol. The van der Waals surface area contributed by atoms with E-state index in [0.29, 0.717) is 0 Å². The van der Waals surface area contributed by atoms with Crippen LogP contribution >= 0.6 is 11.6 Å². The Kier molecular flexibility index (Phi) is 1.75. The van der Waals surface area contributed by atoms with Gasteiger partial charge in [-0.3, -0.25) is 0 Å². The normalized spacial score (nSPS) is 29.5. The van der Waals surface area contributed by atoms with Gasteiger partial charge in [0.25, 0.3) is 0 Å². The fraction of sp³-hybridized carbons (Fsp3) is 0.333. The number of nitrogens with one attached hydrogen (secondary N) is 1. The third-order valence-corrected chi connectivity index (χ3v) is 1.64. The van der Waals surface area contributed by atoms with E-state index in [-0.39, 0.29) is 11.0 Å². The van der Waals surface area contributed by atoms with E-state index in [1.807, 2.05) is 6.07 Å². The molecule has 1 rings (SSSR count). The van der Waals surface area contributed by atoms with E-state index in [1.54, 1.807) is 6.92 Å². The number of aliphatic imine (C=N–C) groups is 1. The Bertz CT molecular complexity index is 275. The molecule has 0 saturated heterocycles. The molecule has 1 aliphatic rings. The molecule has 0 aromatic rings. The summed E-state index contributed by atoms with van der Waals surface area (Å²) in [7, 11) is 0. The zero-order valence-corrected chi connectivity index (χ0v) is 6.68. The second kappa shape index (κ2) is 2.44. The van der Waals surface area contributed by atoms with E-state index in [9.17, 15) is 0 Å². The van der Waals surface area contributed by atoms with Gasteiger partial charge in [0.05, 0.1) is 6.07 Å². The topological polar surface area (TPSA) is 74.2 Å². The predicted molar refractivity (Wildman–Crippen MR) is 42.7 cm³/mol. The molecule has 4 nitrogen and oxygen atoms in total. The van der Waals surface area contributed by atoms with E-state index in [2.05, 4.69) is 10.3 Å². The highest BCUT2D eigenvalue weighted by Crippen LogP contribution is 2.13. The molecule has 0 saturated carbocycles. The van der Waals surface area contributed by atoms with Gasteiger partial charge in [-0.15, -0.1) is 0 Å². The van der Waals surface area contributed by atoms with E-state index in [1.165, 1.54) is 6.20 Å². The Balaban J connectivity index is 2.99. The average molecular weight is 171 g/mol. The molecule has 0 amide bonds. The number of hydrogen-bond donors (Lipinski definition) is 2. The maximum absolute atomic E-state index is 8.66. The third kappa shape index (κ3) is 1.28. The second-order valence-corrected chi connectivity index (χ2v) is 2.73. The fourth-order valence-corrected chi connectivity index (χ4v) is 0.772. The zero-order chi connectivity index (χ0) is 8.48. The minimum Gasteiger partial charge on any atom is -0.384 e. The van der Waals surface area contributed by atoms with Gasteiger partial charge >= 0.3 is 0 Å². The van der Waals surface area contributed by atoms with Gasteiger partial charge in [-0.05, 0) is 6.92 Å². The minimum atomic E-state index is -0.918. The number of halogens is 1. The van der Waals surface area contributed by atoms with Crippen LogP contribution in [-0.4, -0.2) is 11.4 Å². The fourth-order valence-electron chi connectivity index (χ4n) is 0.627. The van der Waals surface area contributed by atoms with Gasteiger partial charge in [-0.2, -0.15) is 5.26 Å². The van der Waals surface area contributed by atoms with Crippen molar-refractivity contribution in [1.29, 1.82) is 5.26 Å². The van der Waals surface area contributed by atoms with Gasteiger partial charge < -0.3 is 11.1 Å². The highest BCUT2D eigenvalue weighted by Gasteiger charge is 2.29. The molecular formula is C6H7ClN4. The maximum atomic E-state index is 8.66. The molecular weight excluding hydrogens is 164 g/mol. The molecule has 0 aromatic heterocycles. The smallest absolute Gasteiger partial charge is 0.180 e. The number of rotatable bonds is 0. The van der Waals surface area contributed by atoms with Crippen LogP contribution in [0.2, 0.25) is 0 Å². The molecule has 58 valence electrons. The summed E-state index contributed by atoms with van der Waals surface area (Å²) in [6, 6.07) is 1.98. The first-order valence-electron chi connectivity index (χ1n) is 2.98. The Morgan fingerprint density at radius 2 is 2.55 bits per heavy atom. The van der Waals surface area contributed by atoms with Gasteiger partial charge in [0.1, 0.15) is 11.0 Å². The van der Waals surface area contributed by atoms with Gasteiger partial charge in [-0.1, -0.05) is 11.6 Å². The van der Waals surface area contributed by atoms with Crippen LogP contribution in [0.3, 0.4) is 0 Å². The number of nitriles is 1. The summed E-state index contributed by atoms with van der Waals surface area (Å²) in [4.78, 5) is 3.74. The van der Waals surface area contributed by atoms with Crippen LogP contribution < -0.4 is 11.1 Å². The molecule has 1 unspecified atom stereocenters. The Labute approximate surface area is 69.3 Å². The van der Waals surface area contributed by atoms with Crippen molar-refractivity contribution < 1.29 is 0 Å². The lowest BCUT2D eigenvalue weighted by Crippen LogP contribution is -2.51. The number of amidine groups is 1. The lowest BCUT2D eigenvalue weighted by molar-refractivity contribution is 0.651. The molecule has 1 aliphatic heterocycles. The van der Waals surface area contributed by atoms with Gasteiger partial charge in [-0.25, -0.2) is 4.99 Å². The SMILES string of the molecule is CC1(C#N)NC=C(Cl)N=C1N. The molecule has 0 radical (unpaired) electrons. The van der Waals surface area contributed by atoms with Crippen molar-refractivity contribution in [3.8, 4) is 6.07 Å². The quantitative estimate of drug-likeness (QED) is 0.513. The first kappa shape index (κ1) is 7.89. The molecule has 0 bridgehead atoms. The highest BCUT2D eigenvalue weighted by molar-refractivity contribution is 6.30. The van der Waals surface area contributed by atoms with Crippen LogP contribution in [0, 0.1) is 11.3 Å². The molecule has 11 heavy (non-hydrogen) atoms. The van der Waals surface area contributed by atoms with Gasteiger partial charge in [0.15, 0.2) is 5.54 Å². The first-order chi connectivity index (χ1) is 5.08. The molecule has 0 spiro atoms. The highest BCUT2D eigenvalue weighted by atomic mass is 35.5. The van der Waals surface area contributed by atoms with Crippen molar-refractivity contribution in [3.63, 3.8) is 0 Å². The predicted octanol–water partition coefficient (Wildman–Crippen LogP) is 0.267. The summed E-state index contributed by atoms with van der Waals surface area (Å²) in [6.45, 7) is 1.63. The standard InChI is InChI=1S/C6H7ClN4/c1-6(3-8)5(9)11-4(7)2-10-6/h2,10H,1H3,(H2,9,11). The lowest BCUT2D eigenvalue weighted by Gasteiger charge is -2.24. The van der Waals surface area contributed by atoms with Gasteiger partial charge in [0.2, 0.25) is 0 Å². The number of nitrogens with zero attached hydrogens (tertiary/aromatic N) is 2. The first-order valence-corrected chi connectivity index (χ1v) is 3.35. The van der Waals surface area contributed by atoms with Crippen molar-refractivity contribution in [3.05, 3.63) is 11.4 Å². The molecule has 1 heterocycles. The maximum Gasteiger partial charge on any atom is 0.180 e. The summed E-state index contributed by atoms with van der Waals surface area (Å²) in [5.41, 5.74) is 4.54. The second-order valence-electron chi connectivity index (χ2n) is 2.35. The van der Waals surface area contributed by atoms with Crippen molar-refractivity contribution in [2.75, 3.05) is 0 Å². The summed E-state index contributed by atoms with van der Waals surface area (Å²) >= 11 is 5.52. The molecule has 0 aliphatic carbocycles. The molecule has 5 heteroatoms. The van der Waals surface area contributed by atoms with Crippen LogP contribution in [0.15, 0.2) is 16.3 Å². The van der Waals surface area contributed by atoms with E-state index in [4.69, 9.17) is 22.6 Å². The molecule has 0 aromatic carbocycles.